The summed E-state index contributed by atoms with van der Waals surface area (Å²) >= 11 is 0. The van der Waals surface area contributed by atoms with Crippen molar-refractivity contribution in [1.29, 1.82) is 0 Å². The van der Waals surface area contributed by atoms with Gasteiger partial charge in [-0.25, -0.2) is 13.4 Å². The van der Waals surface area contributed by atoms with Gasteiger partial charge in [0.2, 0.25) is 5.90 Å². The van der Waals surface area contributed by atoms with E-state index in [9.17, 15) is 13.5 Å². The molecule has 0 aliphatic carbocycles. The number of hydrogen-bond donors (Lipinski definition) is 2. The number of aliphatic imine (C=N–C) groups is 1. The standard InChI is InChI=1S/C20H18N2O5S/c1-28(24,25)17-4-2-15(3-5-17)27-16-11-13(10-14(23)12-16)18-6-7-19(22-18)20-21-8-9-26-20/h2-7,10-12,22-23H,8-9H2,1H3. The number of aromatic hydroxyl groups is 1. The van der Waals surface area contributed by atoms with Crippen molar-refractivity contribution >= 4 is 15.7 Å². The summed E-state index contributed by atoms with van der Waals surface area (Å²) in [4.78, 5) is 7.71. The van der Waals surface area contributed by atoms with Gasteiger partial charge in [0.1, 0.15) is 29.5 Å². The topological polar surface area (TPSA) is 101 Å². The molecule has 0 amide bonds. The minimum absolute atomic E-state index is 0.0471. The second-order valence-corrected chi connectivity index (χ2v) is 8.40. The smallest absolute Gasteiger partial charge is 0.233 e. The van der Waals surface area contributed by atoms with Crippen LogP contribution in [0.5, 0.6) is 17.2 Å². The third-order valence-corrected chi connectivity index (χ3v) is 5.32. The van der Waals surface area contributed by atoms with E-state index in [1.165, 1.54) is 18.2 Å². The summed E-state index contributed by atoms with van der Waals surface area (Å²) in [6, 6.07) is 14.7. The maximum absolute atomic E-state index is 11.6. The highest BCUT2D eigenvalue weighted by atomic mass is 32.2. The summed E-state index contributed by atoms with van der Waals surface area (Å²) < 4.78 is 34.3. The molecule has 2 N–H and O–H groups in total. The van der Waals surface area contributed by atoms with Gasteiger partial charge in [-0.1, -0.05) is 0 Å². The molecule has 3 aromatic rings. The van der Waals surface area contributed by atoms with Crippen LogP contribution in [0.15, 0.2) is 64.5 Å². The highest BCUT2D eigenvalue weighted by molar-refractivity contribution is 7.90. The van der Waals surface area contributed by atoms with Gasteiger partial charge in [-0.15, -0.1) is 0 Å². The molecule has 2 aromatic carbocycles. The van der Waals surface area contributed by atoms with Crippen LogP contribution in [0.25, 0.3) is 11.3 Å². The molecule has 0 unspecified atom stereocenters. The van der Waals surface area contributed by atoms with Gasteiger partial charge in [0.15, 0.2) is 9.84 Å². The number of sulfone groups is 1. The number of H-pyrrole nitrogens is 1. The average molecular weight is 398 g/mol. The van der Waals surface area contributed by atoms with Gasteiger partial charge in [-0.3, -0.25) is 0 Å². The van der Waals surface area contributed by atoms with Crippen LogP contribution >= 0.6 is 0 Å². The third kappa shape index (κ3) is 3.86. The summed E-state index contributed by atoms with van der Waals surface area (Å²) in [6.45, 7) is 1.22. The predicted octanol–water partition coefficient (Wildman–Crippen LogP) is 3.36. The molecule has 0 atom stereocenters. The van der Waals surface area contributed by atoms with Crippen molar-refractivity contribution in [2.24, 2.45) is 4.99 Å². The zero-order chi connectivity index (χ0) is 19.7. The van der Waals surface area contributed by atoms with Gasteiger partial charge in [0.25, 0.3) is 0 Å². The highest BCUT2D eigenvalue weighted by Gasteiger charge is 2.14. The number of nitrogens with zero attached hydrogens (tertiary/aromatic N) is 1. The molecule has 28 heavy (non-hydrogen) atoms. The molecular weight excluding hydrogens is 380 g/mol. The molecule has 1 aliphatic rings. The Hall–Kier alpha value is -3.26. The number of nitrogens with one attached hydrogen (secondary N) is 1. The molecule has 1 aliphatic heterocycles. The molecule has 0 fully saturated rings. The number of rotatable bonds is 5. The maximum Gasteiger partial charge on any atom is 0.233 e. The van der Waals surface area contributed by atoms with E-state index < -0.39 is 9.84 Å². The third-order valence-electron chi connectivity index (χ3n) is 4.19. The summed E-state index contributed by atoms with van der Waals surface area (Å²) in [7, 11) is -3.27. The summed E-state index contributed by atoms with van der Waals surface area (Å²) in [5.74, 6) is 1.51. The van der Waals surface area contributed by atoms with Gasteiger partial charge in [0, 0.05) is 23.6 Å². The van der Waals surface area contributed by atoms with Crippen molar-refractivity contribution in [1.82, 2.24) is 4.98 Å². The number of phenols is 1. The fourth-order valence-electron chi connectivity index (χ4n) is 2.88. The van der Waals surface area contributed by atoms with Crippen LogP contribution in [0, 0.1) is 0 Å². The SMILES string of the molecule is CS(=O)(=O)c1ccc(Oc2cc(O)cc(-c3ccc(C4=NCCO4)[nH]3)c2)cc1. The van der Waals surface area contributed by atoms with E-state index in [2.05, 4.69) is 9.98 Å². The van der Waals surface area contributed by atoms with Crippen LogP contribution in [0.2, 0.25) is 0 Å². The molecule has 0 radical (unpaired) electrons. The van der Waals surface area contributed by atoms with Crippen LogP contribution in [0.3, 0.4) is 0 Å². The van der Waals surface area contributed by atoms with Crippen LogP contribution in [0.4, 0.5) is 0 Å². The molecule has 0 saturated heterocycles. The van der Waals surface area contributed by atoms with Crippen LogP contribution in [-0.4, -0.2) is 43.8 Å². The quantitative estimate of drug-likeness (QED) is 0.686. The fourth-order valence-corrected chi connectivity index (χ4v) is 3.51. The van der Waals surface area contributed by atoms with Crippen molar-refractivity contribution in [3.8, 4) is 28.5 Å². The van der Waals surface area contributed by atoms with E-state index in [1.54, 1.807) is 24.3 Å². The summed E-state index contributed by atoms with van der Waals surface area (Å²) in [5, 5.41) is 10.1. The number of aromatic amines is 1. The average Bonchev–Trinajstić information content (AvgIpc) is 3.32. The Bertz CT molecular complexity index is 1150. The fraction of sp³-hybridized carbons (Fsp3) is 0.150. The van der Waals surface area contributed by atoms with Crippen molar-refractivity contribution in [2.45, 2.75) is 4.90 Å². The lowest BCUT2D eigenvalue weighted by Gasteiger charge is -2.09. The van der Waals surface area contributed by atoms with Crippen molar-refractivity contribution in [3.05, 3.63) is 60.3 Å². The number of hydrogen-bond acceptors (Lipinski definition) is 6. The van der Waals surface area contributed by atoms with Gasteiger partial charge in [-0.2, -0.15) is 0 Å². The van der Waals surface area contributed by atoms with Gasteiger partial charge < -0.3 is 19.6 Å². The molecule has 8 heteroatoms. The molecule has 7 nitrogen and oxygen atoms in total. The second kappa shape index (κ2) is 7.05. The number of benzene rings is 2. The summed E-state index contributed by atoms with van der Waals surface area (Å²) in [6.07, 6.45) is 1.15. The van der Waals surface area contributed by atoms with Crippen molar-refractivity contribution in [2.75, 3.05) is 19.4 Å². The maximum atomic E-state index is 11.6. The van der Waals surface area contributed by atoms with Gasteiger partial charge in [-0.05, 0) is 48.5 Å². The van der Waals surface area contributed by atoms with Crippen molar-refractivity contribution < 1.29 is 23.0 Å². The molecule has 144 valence electrons. The number of phenolic OH excluding ortho intramolecular Hbond substituents is 1. The largest absolute Gasteiger partial charge is 0.508 e. The Morgan fingerprint density at radius 1 is 1.04 bits per heavy atom. The predicted molar refractivity (Wildman–Crippen MR) is 105 cm³/mol. The van der Waals surface area contributed by atoms with E-state index in [0.29, 0.717) is 30.5 Å². The lowest BCUT2D eigenvalue weighted by Crippen LogP contribution is -2.01. The Kier molecular flexibility index (Phi) is 4.56. The van der Waals surface area contributed by atoms with E-state index in [0.717, 1.165) is 23.2 Å². The monoisotopic (exact) mass is 398 g/mol. The van der Waals surface area contributed by atoms with E-state index in [-0.39, 0.29) is 10.6 Å². The molecule has 0 bridgehead atoms. The van der Waals surface area contributed by atoms with Gasteiger partial charge in [0.05, 0.1) is 11.4 Å². The number of aromatic nitrogens is 1. The molecule has 1 aromatic heterocycles. The highest BCUT2D eigenvalue weighted by Crippen LogP contribution is 2.32. The number of ether oxygens (including phenoxy) is 2. The lowest BCUT2D eigenvalue weighted by molar-refractivity contribution is 0.347. The van der Waals surface area contributed by atoms with E-state index in [1.807, 2.05) is 12.1 Å². The first kappa shape index (κ1) is 18.1. The molecule has 0 spiro atoms. The molecule has 0 saturated carbocycles. The first-order valence-electron chi connectivity index (χ1n) is 8.57. The zero-order valence-corrected chi connectivity index (χ0v) is 15.9. The van der Waals surface area contributed by atoms with Crippen LogP contribution in [-0.2, 0) is 14.6 Å². The van der Waals surface area contributed by atoms with Crippen LogP contribution < -0.4 is 4.74 Å². The van der Waals surface area contributed by atoms with Crippen LogP contribution in [0.1, 0.15) is 5.69 Å². The Morgan fingerprint density at radius 2 is 1.79 bits per heavy atom. The Balaban J connectivity index is 1.59. The van der Waals surface area contributed by atoms with E-state index in [4.69, 9.17) is 9.47 Å². The van der Waals surface area contributed by atoms with E-state index >= 15 is 0 Å². The minimum atomic E-state index is -3.27. The lowest BCUT2D eigenvalue weighted by atomic mass is 10.1. The normalized spacial score (nSPS) is 13.8. The summed E-state index contributed by atoms with van der Waals surface area (Å²) in [5.41, 5.74) is 2.28. The first-order valence-corrected chi connectivity index (χ1v) is 10.5. The molecule has 2 heterocycles. The molecule has 4 rings (SSSR count). The zero-order valence-electron chi connectivity index (χ0n) is 15.0. The Morgan fingerprint density at radius 3 is 2.46 bits per heavy atom. The Labute approximate surface area is 162 Å². The first-order chi connectivity index (χ1) is 13.4. The molecular formula is C20H18N2O5S. The minimum Gasteiger partial charge on any atom is -0.508 e. The second-order valence-electron chi connectivity index (χ2n) is 6.38. The van der Waals surface area contributed by atoms with Crippen molar-refractivity contribution in [3.63, 3.8) is 0 Å². The van der Waals surface area contributed by atoms with Gasteiger partial charge >= 0.3 is 0 Å².